The Kier molecular flexibility index (Phi) is 6.99. The molecule has 0 spiro atoms. The van der Waals surface area contributed by atoms with Crippen LogP contribution in [-0.4, -0.2) is 55.9 Å². The highest BCUT2D eigenvalue weighted by Crippen LogP contribution is 2.31. The van der Waals surface area contributed by atoms with Gasteiger partial charge in [0.1, 0.15) is 5.69 Å². The fraction of sp³-hybridized carbons (Fsp3) is 0.360. The minimum atomic E-state index is -0.252. The van der Waals surface area contributed by atoms with Crippen LogP contribution in [0.1, 0.15) is 43.0 Å². The van der Waals surface area contributed by atoms with Gasteiger partial charge in [0.25, 0.3) is 5.91 Å². The molecule has 1 saturated heterocycles. The van der Waals surface area contributed by atoms with Crippen LogP contribution >= 0.6 is 22.9 Å². The van der Waals surface area contributed by atoms with Gasteiger partial charge in [0.05, 0.1) is 15.8 Å². The highest BCUT2D eigenvalue weighted by atomic mass is 35.5. The van der Waals surface area contributed by atoms with Gasteiger partial charge in [-0.25, -0.2) is 9.67 Å². The van der Waals surface area contributed by atoms with Crippen molar-refractivity contribution in [2.24, 2.45) is 0 Å². The van der Waals surface area contributed by atoms with E-state index in [0.29, 0.717) is 34.2 Å². The number of halogens is 1. The number of hydrogen-bond donors (Lipinski definition) is 1. The second kappa shape index (κ2) is 10.3. The summed E-state index contributed by atoms with van der Waals surface area (Å²) in [6, 6.07) is 15.9. The van der Waals surface area contributed by atoms with Gasteiger partial charge in [-0.15, -0.1) is 16.4 Å². The molecule has 5 rings (SSSR count). The summed E-state index contributed by atoms with van der Waals surface area (Å²) in [6.07, 6.45) is 1.84. The molecular weight excluding hydrogens is 484 g/mol. The predicted octanol–water partition coefficient (Wildman–Crippen LogP) is 4.97. The predicted molar refractivity (Wildman–Crippen MR) is 137 cm³/mol. The smallest absolute Gasteiger partial charge is 0.291 e. The van der Waals surface area contributed by atoms with Gasteiger partial charge in [-0.1, -0.05) is 47.1 Å². The van der Waals surface area contributed by atoms with Crippen molar-refractivity contribution < 1.29 is 9.32 Å². The number of carbonyl (C=O) groups excluding carboxylic acids is 1. The van der Waals surface area contributed by atoms with Crippen molar-refractivity contribution >= 4 is 28.8 Å². The number of amides is 1. The first kappa shape index (κ1) is 23.7. The van der Waals surface area contributed by atoms with Gasteiger partial charge in [-0.2, -0.15) is 0 Å². The first-order valence-corrected chi connectivity index (χ1v) is 12.9. The van der Waals surface area contributed by atoms with Crippen LogP contribution in [0.5, 0.6) is 0 Å². The largest absolute Gasteiger partial charge is 0.355 e. The van der Waals surface area contributed by atoms with Crippen molar-refractivity contribution in [3.8, 4) is 22.0 Å². The lowest BCUT2D eigenvalue weighted by Gasteiger charge is -2.34. The third kappa shape index (κ3) is 5.47. The van der Waals surface area contributed by atoms with Crippen molar-refractivity contribution in [1.29, 1.82) is 0 Å². The standard InChI is InChI=1S/C25H27ClN6O2S/c1-16(2)31-12-10-18(11-13-31)27-25(33)23-28-24(17-6-4-3-5-7-17)32(29-23)15-19-14-20(34-30-19)21-8-9-22(26)35-21/h3-9,14,16,18H,10-13,15H2,1-2H3,(H,27,33). The summed E-state index contributed by atoms with van der Waals surface area (Å²) in [5.74, 6) is 1.15. The van der Waals surface area contributed by atoms with E-state index in [-0.39, 0.29) is 17.8 Å². The topological polar surface area (TPSA) is 89.1 Å². The summed E-state index contributed by atoms with van der Waals surface area (Å²) in [6.45, 7) is 6.68. The molecule has 1 aliphatic heterocycles. The van der Waals surface area contributed by atoms with Crippen LogP contribution in [0.3, 0.4) is 0 Å². The maximum Gasteiger partial charge on any atom is 0.291 e. The first-order valence-electron chi connectivity index (χ1n) is 11.7. The Labute approximate surface area is 212 Å². The molecule has 35 heavy (non-hydrogen) atoms. The zero-order valence-corrected chi connectivity index (χ0v) is 21.2. The van der Waals surface area contributed by atoms with E-state index in [1.54, 1.807) is 4.68 Å². The Morgan fingerprint density at radius 1 is 1.20 bits per heavy atom. The first-order chi connectivity index (χ1) is 17.0. The molecule has 1 fully saturated rings. The number of likely N-dealkylation sites (tertiary alicyclic amines) is 1. The molecule has 0 bridgehead atoms. The van der Waals surface area contributed by atoms with Gasteiger partial charge in [-0.3, -0.25) is 4.79 Å². The SMILES string of the molecule is CC(C)N1CCC(NC(=O)c2nc(-c3ccccc3)n(Cc3cc(-c4ccc(Cl)s4)on3)n2)CC1. The highest BCUT2D eigenvalue weighted by molar-refractivity contribution is 7.19. The number of nitrogens with zero attached hydrogens (tertiary/aromatic N) is 5. The summed E-state index contributed by atoms with van der Waals surface area (Å²) in [5, 5.41) is 11.9. The Bertz CT molecular complexity index is 1290. The molecule has 1 aromatic carbocycles. The van der Waals surface area contributed by atoms with Gasteiger partial charge < -0.3 is 14.7 Å². The van der Waals surface area contributed by atoms with Crippen LogP contribution in [0, 0.1) is 0 Å². The van der Waals surface area contributed by atoms with Gasteiger partial charge >= 0.3 is 0 Å². The minimum absolute atomic E-state index is 0.125. The van der Waals surface area contributed by atoms with E-state index in [9.17, 15) is 4.79 Å². The molecule has 0 radical (unpaired) electrons. The third-order valence-corrected chi connectivity index (χ3v) is 7.43. The fourth-order valence-corrected chi connectivity index (χ4v) is 5.25. The molecule has 8 nitrogen and oxygen atoms in total. The second-order valence-electron chi connectivity index (χ2n) is 8.95. The van der Waals surface area contributed by atoms with E-state index in [1.165, 1.54) is 11.3 Å². The maximum absolute atomic E-state index is 13.1. The quantitative estimate of drug-likeness (QED) is 0.378. The number of piperidine rings is 1. The van der Waals surface area contributed by atoms with Crippen LogP contribution in [0.4, 0.5) is 0 Å². The van der Waals surface area contributed by atoms with Gasteiger partial charge in [0.15, 0.2) is 11.6 Å². The van der Waals surface area contributed by atoms with Gasteiger partial charge in [0.2, 0.25) is 5.82 Å². The molecule has 0 aliphatic carbocycles. The van der Waals surface area contributed by atoms with Crippen molar-refractivity contribution in [2.45, 2.75) is 45.3 Å². The Balaban J connectivity index is 1.35. The van der Waals surface area contributed by atoms with Crippen LogP contribution in [0.2, 0.25) is 4.34 Å². The molecule has 4 heterocycles. The van der Waals surface area contributed by atoms with Gasteiger partial charge in [0, 0.05) is 36.8 Å². The Morgan fingerprint density at radius 2 is 1.97 bits per heavy atom. The lowest BCUT2D eigenvalue weighted by molar-refractivity contribution is 0.0890. The monoisotopic (exact) mass is 510 g/mol. The molecule has 1 aliphatic rings. The van der Waals surface area contributed by atoms with Crippen molar-refractivity contribution in [2.75, 3.05) is 13.1 Å². The zero-order valence-electron chi connectivity index (χ0n) is 19.6. The van der Waals surface area contributed by atoms with E-state index in [2.05, 4.69) is 39.3 Å². The van der Waals surface area contributed by atoms with Crippen LogP contribution < -0.4 is 5.32 Å². The summed E-state index contributed by atoms with van der Waals surface area (Å²) < 4.78 is 7.91. The van der Waals surface area contributed by atoms with Crippen molar-refractivity contribution in [1.82, 2.24) is 30.1 Å². The number of benzene rings is 1. The van der Waals surface area contributed by atoms with E-state index < -0.39 is 0 Å². The molecule has 3 aromatic heterocycles. The molecular formula is C25H27ClN6O2S. The molecule has 1 amide bonds. The minimum Gasteiger partial charge on any atom is -0.355 e. The highest BCUT2D eigenvalue weighted by Gasteiger charge is 2.25. The normalized spacial score (nSPS) is 15.1. The number of hydrogen-bond acceptors (Lipinski definition) is 7. The summed E-state index contributed by atoms with van der Waals surface area (Å²) >= 11 is 7.48. The molecule has 4 aromatic rings. The molecule has 0 atom stereocenters. The average molecular weight is 511 g/mol. The molecule has 182 valence electrons. The Hall–Kier alpha value is -3.01. The molecule has 10 heteroatoms. The number of aromatic nitrogens is 4. The van der Waals surface area contributed by atoms with Crippen LogP contribution in [0.15, 0.2) is 53.1 Å². The summed E-state index contributed by atoms with van der Waals surface area (Å²) in [7, 11) is 0. The second-order valence-corrected chi connectivity index (χ2v) is 10.7. The number of nitrogens with one attached hydrogen (secondary N) is 1. The lowest BCUT2D eigenvalue weighted by atomic mass is 10.0. The number of rotatable bonds is 7. The van der Waals surface area contributed by atoms with Crippen molar-refractivity contribution in [3.63, 3.8) is 0 Å². The van der Waals surface area contributed by atoms with E-state index in [4.69, 9.17) is 16.1 Å². The van der Waals surface area contributed by atoms with Gasteiger partial charge in [-0.05, 0) is 38.8 Å². The lowest BCUT2D eigenvalue weighted by Crippen LogP contribution is -2.46. The van der Waals surface area contributed by atoms with E-state index in [0.717, 1.165) is 36.4 Å². The Morgan fingerprint density at radius 3 is 2.66 bits per heavy atom. The molecule has 0 unspecified atom stereocenters. The number of thiophene rings is 1. The fourth-order valence-electron chi connectivity index (χ4n) is 4.26. The van der Waals surface area contributed by atoms with E-state index in [1.807, 2.05) is 48.5 Å². The molecule has 0 saturated carbocycles. The van der Waals surface area contributed by atoms with Crippen LogP contribution in [-0.2, 0) is 6.54 Å². The number of carbonyl (C=O) groups is 1. The molecule has 1 N–H and O–H groups in total. The summed E-state index contributed by atoms with van der Waals surface area (Å²) in [5.41, 5.74) is 1.55. The third-order valence-electron chi connectivity index (χ3n) is 6.19. The van der Waals surface area contributed by atoms with Crippen molar-refractivity contribution in [3.05, 3.63) is 64.4 Å². The zero-order chi connectivity index (χ0) is 24.4. The summed E-state index contributed by atoms with van der Waals surface area (Å²) in [4.78, 5) is 21.0. The maximum atomic E-state index is 13.1. The average Bonchev–Trinajstić information content (AvgIpc) is 3.60. The van der Waals surface area contributed by atoms with E-state index >= 15 is 0 Å². The van der Waals surface area contributed by atoms with Crippen LogP contribution in [0.25, 0.3) is 22.0 Å².